The molecule has 0 spiro atoms. The van der Waals surface area contributed by atoms with E-state index in [9.17, 15) is 4.79 Å². The van der Waals surface area contributed by atoms with Gasteiger partial charge < -0.3 is 20.7 Å². The number of rotatable bonds is 3. The van der Waals surface area contributed by atoms with E-state index in [1.54, 1.807) is 31.2 Å². The highest BCUT2D eigenvalue weighted by atomic mass is 16.5. The third-order valence-corrected chi connectivity index (χ3v) is 6.65. The molecule has 11 heteroatoms. The summed E-state index contributed by atoms with van der Waals surface area (Å²) in [6, 6.07) is 6.02. The number of carbonyl (C=O) groups excluding carboxylic acids is 1. The summed E-state index contributed by atoms with van der Waals surface area (Å²) in [7, 11) is 4.99. The van der Waals surface area contributed by atoms with Crippen LogP contribution in [0.25, 0.3) is 11.4 Å². The monoisotopic (exact) mass is 501 g/mol. The minimum absolute atomic E-state index is 0.135. The number of amidine groups is 1. The van der Waals surface area contributed by atoms with Crippen LogP contribution in [0.4, 0.5) is 17.2 Å². The summed E-state index contributed by atoms with van der Waals surface area (Å²) in [4.78, 5) is 22.1. The van der Waals surface area contributed by atoms with Crippen LogP contribution in [0.3, 0.4) is 0 Å². The summed E-state index contributed by atoms with van der Waals surface area (Å²) in [5, 5.41) is 22.3. The smallest absolute Gasteiger partial charge is 0.273 e. The largest absolute Gasteiger partial charge is 0.494 e. The highest BCUT2D eigenvalue weighted by molar-refractivity contribution is 6.05. The molecule has 11 nitrogen and oxygen atoms in total. The number of nitrogens with zero attached hydrogens (tertiary/aromatic N) is 6. The van der Waals surface area contributed by atoms with Crippen LogP contribution in [0, 0.1) is 11.8 Å². The molecule has 6 bridgehead atoms. The van der Waals surface area contributed by atoms with Crippen molar-refractivity contribution in [3.05, 3.63) is 47.9 Å². The van der Waals surface area contributed by atoms with Crippen LogP contribution < -0.4 is 20.7 Å². The Kier molecular flexibility index (Phi) is 6.60. The van der Waals surface area contributed by atoms with Crippen LogP contribution in [-0.2, 0) is 13.5 Å². The number of carbonyl (C=O) groups is 1. The second kappa shape index (κ2) is 10.00. The van der Waals surface area contributed by atoms with Crippen LogP contribution in [0.2, 0.25) is 0 Å². The van der Waals surface area contributed by atoms with E-state index >= 15 is 0 Å². The van der Waals surface area contributed by atoms with Crippen LogP contribution >= 0.6 is 0 Å². The molecule has 2 aliphatic rings. The number of amides is 1. The van der Waals surface area contributed by atoms with E-state index in [0.717, 1.165) is 29.8 Å². The van der Waals surface area contributed by atoms with Crippen molar-refractivity contribution in [2.75, 3.05) is 24.8 Å². The summed E-state index contributed by atoms with van der Waals surface area (Å²) in [5.41, 5.74) is 3.18. The number of aryl methyl sites for hydroxylation is 1. The average Bonchev–Trinajstić information content (AvgIpc) is 3.31. The molecule has 5 rings (SSSR count). The number of aliphatic imine (C=N–C) groups is 1. The van der Waals surface area contributed by atoms with E-state index in [1.165, 1.54) is 0 Å². The van der Waals surface area contributed by atoms with Crippen molar-refractivity contribution < 1.29 is 9.53 Å². The van der Waals surface area contributed by atoms with Crippen molar-refractivity contribution in [2.24, 2.45) is 23.9 Å². The third kappa shape index (κ3) is 5.02. The van der Waals surface area contributed by atoms with Crippen molar-refractivity contribution in [3.63, 3.8) is 0 Å². The van der Waals surface area contributed by atoms with Gasteiger partial charge in [-0.1, -0.05) is 19.9 Å². The molecule has 37 heavy (non-hydrogen) atoms. The zero-order valence-electron chi connectivity index (χ0n) is 21.6. The van der Waals surface area contributed by atoms with Gasteiger partial charge in [0, 0.05) is 20.2 Å². The molecule has 2 aliphatic heterocycles. The summed E-state index contributed by atoms with van der Waals surface area (Å²) < 4.78 is 7.51. The SMILES string of the molecule is CNC(=O)c1nnc2cc1Nc1cc(cc(-c3ncn(C)n3)c1OC)CC(C)CC1N=C(C=CC1C)N2. The molecule has 0 saturated carbocycles. The molecule has 3 atom stereocenters. The molecule has 0 saturated heterocycles. The lowest BCUT2D eigenvalue weighted by molar-refractivity contribution is 0.0958. The van der Waals surface area contributed by atoms with Gasteiger partial charge in [-0.05, 0) is 48.4 Å². The molecular weight excluding hydrogens is 470 g/mol. The summed E-state index contributed by atoms with van der Waals surface area (Å²) in [6.45, 7) is 4.43. The Morgan fingerprint density at radius 3 is 2.73 bits per heavy atom. The minimum Gasteiger partial charge on any atom is -0.494 e. The number of methoxy groups -OCH3 is 1. The van der Waals surface area contributed by atoms with Crippen molar-refractivity contribution in [1.29, 1.82) is 0 Å². The van der Waals surface area contributed by atoms with Gasteiger partial charge >= 0.3 is 0 Å². The lowest BCUT2D eigenvalue weighted by Gasteiger charge is -2.26. The van der Waals surface area contributed by atoms with E-state index in [2.05, 4.69) is 62.2 Å². The maximum Gasteiger partial charge on any atom is 0.273 e. The highest BCUT2D eigenvalue weighted by Crippen LogP contribution is 2.39. The maximum atomic E-state index is 12.7. The molecule has 3 unspecified atom stereocenters. The zero-order chi connectivity index (χ0) is 26.1. The lowest BCUT2D eigenvalue weighted by atomic mass is 9.87. The molecule has 4 heterocycles. The fraction of sp³-hybridized carbons (Fsp3) is 0.385. The number of anilines is 3. The van der Waals surface area contributed by atoms with Gasteiger partial charge in [0.25, 0.3) is 5.91 Å². The standard InChI is InChI=1S/C26H31N9O2/c1-14-8-16-10-17(25-28-13-35(4)34-25)24(37-5)20(11-16)29-19-12-22(32-33-23(19)26(36)27-3)31-21-7-6-15(2)18(9-14)30-21/h6-7,10-15,18,29H,8-9H2,1-5H3,(H,27,36)(H,30,31,32). The normalized spacial score (nSPS) is 20.7. The molecule has 0 fully saturated rings. The Morgan fingerprint density at radius 2 is 2.00 bits per heavy atom. The Balaban J connectivity index is 1.69. The number of ether oxygens (including phenoxy) is 1. The molecule has 0 radical (unpaired) electrons. The topological polar surface area (TPSA) is 131 Å². The first kappa shape index (κ1) is 24.4. The summed E-state index contributed by atoms with van der Waals surface area (Å²) >= 11 is 0. The number of dihydropyridines is 1. The van der Waals surface area contributed by atoms with Gasteiger partial charge in [-0.2, -0.15) is 5.10 Å². The van der Waals surface area contributed by atoms with Crippen molar-refractivity contribution in [3.8, 4) is 17.1 Å². The Morgan fingerprint density at radius 1 is 1.16 bits per heavy atom. The molecule has 3 N–H and O–H groups in total. The van der Waals surface area contributed by atoms with Crippen molar-refractivity contribution >= 4 is 28.9 Å². The van der Waals surface area contributed by atoms with E-state index in [-0.39, 0.29) is 17.6 Å². The number of benzene rings is 1. The number of fused-ring (bicyclic) bond motifs is 5. The molecule has 1 amide bonds. The third-order valence-electron chi connectivity index (χ3n) is 6.65. The van der Waals surface area contributed by atoms with E-state index in [0.29, 0.717) is 40.6 Å². The first-order valence-corrected chi connectivity index (χ1v) is 12.3. The second-order valence-corrected chi connectivity index (χ2v) is 9.63. The zero-order valence-corrected chi connectivity index (χ0v) is 21.6. The summed E-state index contributed by atoms with van der Waals surface area (Å²) in [5.74, 6) is 2.64. The van der Waals surface area contributed by atoms with Crippen molar-refractivity contribution in [1.82, 2.24) is 30.3 Å². The van der Waals surface area contributed by atoms with Gasteiger partial charge in [-0.15, -0.1) is 10.2 Å². The van der Waals surface area contributed by atoms with Gasteiger partial charge in [-0.3, -0.25) is 14.5 Å². The summed E-state index contributed by atoms with van der Waals surface area (Å²) in [6.07, 6.45) is 7.55. The number of hydrogen-bond donors (Lipinski definition) is 3. The van der Waals surface area contributed by atoms with E-state index in [1.807, 2.05) is 19.2 Å². The van der Waals surface area contributed by atoms with Gasteiger partial charge in [0.2, 0.25) is 0 Å². The molecular formula is C26H31N9O2. The van der Waals surface area contributed by atoms with Gasteiger partial charge in [-0.25, -0.2) is 4.98 Å². The predicted molar refractivity (Wildman–Crippen MR) is 142 cm³/mol. The number of aromatic nitrogens is 5. The molecule has 1 aromatic carbocycles. The van der Waals surface area contributed by atoms with Gasteiger partial charge in [0.15, 0.2) is 23.1 Å². The first-order valence-electron chi connectivity index (χ1n) is 12.3. The fourth-order valence-corrected chi connectivity index (χ4v) is 4.81. The number of nitrogens with one attached hydrogen (secondary N) is 3. The van der Waals surface area contributed by atoms with Crippen LogP contribution in [0.5, 0.6) is 5.75 Å². The quantitative estimate of drug-likeness (QED) is 0.498. The van der Waals surface area contributed by atoms with E-state index < -0.39 is 0 Å². The van der Waals surface area contributed by atoms with E-state index in [4.69, 9.17) is 9.73 Å². The minimum atomic E-state index is -0.359. The van der Waals surface area contributed by atoms with Gasteiger partial charge in [0.1, 0.15) is 12.2 Å². The molecule has 0 aliphatic carbocycles. The predicted octanol–water partition coefficient (Wildman–Crippen LogP) is 3.35. The Hall–Kier alpha value is -4.28. The molecule has 192 valence electrons. The second-order valence-electron chi connectivity index (χ2n) is 9.63. The average molecular weight is 502 g/mol. The highest BCUT2D eigenvalue weighted by Gasteiger charge is 2.25. The maximum absolute atomic E-state index is 12.7. The lowest BCUT2D eigenvalue weighted by Crippen LogP contribution is -2.27. The molecule has 3 aromatic rings. The van der Waals surface area contributed by atoms with Gasteiger partial charge in [0.05, 0.1) is 30.1 Å². The van der Waals surface area contributed by atoms with Crippen molar-refractivity contribution in [2.45, 2.75) is 32.7 Å². The Bertz CT molecular complexity index is 1390. The Labute approximate surface area is 215 Å². The molecule has 2 aromatic heterocycles. The fourth-order valence-electron chi connectivity index (χ4n) is 4.81. The van der Waals surface area contributed by atoms with Crippen LogP contribution in [0.15, 0.2) is 41.7 Å². The first-order chi connectivity index (χ1) is 17.8. The van der Waals surface area contributed by atoms with Crippen LogP contribution in [-0.4, -0.2) is 56.9 Å². The number of hydrogen-bond acceptors (Lipinski definition) is 9. The van der Waals surface area contributed by atoms with Crippen LogP contribution in [0.1, 0.15) is 36.3 Å².